The van der Waals surface area contributed by atoms with Crippen molar-refractivity contribution in [3.05, 3.63) is 34.4 Å². The van der Waals surface area contributed by atoms with E-state index in [2.05, 4.69) is 45.1 Å². The Morgan fingerprint density at radius 3 is 2.30 bits per heavy atom. The van der Waals surface area contributed by atoms with E-state index in [0.717, 1.165) is 25.6 Å². The minimum absolute atomic E-state index is 0.769. The predicted octanol–water partition coefficient (Wildman–Crippen LogP) is 3.81. The molecular weight excluding hydrogens is 246 g/mol. The van der Waals surface area contributed by atoms with Crippen LogP contribution in [-0.4, -0.2) is 26.8 Å². The molecule has 0 saturated carbocycles. The highest BCUT2D eigenvalue weighted by Gasteiger charge is 2.07. The van der Waals surface area contributed by atoms with Gasteiger partial charge in [0.05, 0.1) is 6.61 Å². The molecule has 0 bridgehead atoms. The smallest absolute Gasteiger partial charge is 0.0587 e. The Morgan fingerprint density at radius 1 is 1.05 bits per heavy atom. The first-order valence-corrected chi connectivity index (χ1v) is 7.81. The lowest BCUT2D eigenvalue weighted by Gasteiger charge is -2.15. The molecule has 114 valence electrons. The number of aryl methyl sites for hydroxylation is 3. The number of ether oxygens (including phenoxy) is 1. The molecule has 1 atom stereocenters. The van der Waals surface area contributed by atoms with E-state index in [1.807, 2.05) is 0 Å². The maximum atomic E-state index is 5.03. The second-order valence-corrected chi connectivity index (χ2v) is 6.05. The molecule has 1 rings (SSSR count). The summed E-state index contributed by atoms with van der Waals surface area (Å²) in [5.74, 6) is 0.769. The molecule has 0 aromatic heterocycles. The van der Waals surface area contributed by atoms with E-state index < -0.39 is 0 Å². The molecule has 1 aromatic carbocycles. The second-order valence-electron chi connectivity index (χ2n) is 6.05. The van der Waals surface area contributed by atoms with Gasteiger partial charge in [-0.25, -0.2) is 0 Å². The molecule has 1 aromatic rings. The first-order valence-electron chi connectivity index (χ1n) is 7.81. The minimum Gasteiger partial charge on any atom is -0.383 e. The molecule has 0 amide bonds. The quantitative estimate of drug-likeness (QED) is 0.693. The molecular formula is C18H31NO. The summed E-state index contributed by atoms with van der Waals surface area (Å²) in [5, 5.41) is 3.42. The van der Waals surface area contributed by atoms with Crippen molar-refractivity contribution >= 4 is 0 Å². The number of hydrogen-bond donors (Lipinski definition) is 1. The molecule has 0 aliphatic carbocycles. The number of nitrogens with one attached hydrogen (secondary N) is 1. The second kappa shape index (κ2) is 9.15. The van der Waals surface area contributed by atoms with Gasteiger partial charge in [0.2, 0.25) is 0 Å². The molecule has 0 radical (unpaired) electrons. The molecule has 0 fully saturated rings. The topological polar surface area (TPSA) is 21.3 Å². The third kappa shape index (κ3) is 6.06. The highest BCUT2D eigenvalue weighted by atomic mass is 16.5. The first-order chi connectivity index (χ1) is 9.54. The van der Waals surface area contributed by atoms with Gasteiger partial charge < -0.3 is 10.1 Å². The van der Waals surface area contributed by atoms with Crippen molar-refractivity contribution in [3.63, 3.8) is 0 Å². The van der Waals surface area contributed by atoms with Crippen molar-refractivity contribution in [1.29, 1.82) is 0 Å². The van der Waals surface area contributed by atoms with Crippen LogP contribution < -0.4 is 5.32 Å². The number of rotatable bonds is 9. The van der Waals surface area contributed by atoms with Crippen LogP contribution in [-0.2, 0) is 11.2 Å². The summed E-state index contributed by atoms with van der Waals surface area (Å²) in [6, 6.07) is 4.61. The van der Waals surface area contributed by atoms with Gasteiger partial charge in [0, 0.05) is 13.7 Å². The van der Waals surface area contributed by atoms with Crippen LogP contribution in [0.2, 0.25) is 0 Å². The molecule has 0 spiro atoms. The number of methoxy groups -OCH3 is 1. The molecule has 0 aliphatic rings. The van der Waals surface area contributed by atoms with E-state index in [4.69, 9.17) is 4.74 Å². The van der Waals surface area contributed by atoms with Crippen LogP contribution in [0.1, 0.15) is 42.0 Å². The van der Waals surface area contributed by atoms with Crippen molar-refractivity contribution in [2.75, 3.05) is 26.8 Å². The zero-order valence-electron chi connectivity index (χ0n) is 13.9. The monoisotopic (exact) mass is 277 g/mol. The Bertz CT molecular complexity index is 377. The summed E-state index contributed by atoms with van der Waals surface area (Å²) in [6.45, 7) is 11.9. The summed E-state index contributed by atoms with van der Waals surface area (Å²) < 4.78 is 5.03. The van der Waals surface area contributed by atoms with Crippen LogP contribution in [0.25, 0.3) is 0 Å². The van der Waals surface area contributed by atoms with Crippen LogP contribution in [0.4, 0.5) is 0 Å². The highest BCUT2D eigenvalue weighted by Crippen LogP contribution is 2.20. The highest BCUT2D eigenvalue weighted by molar-refractivity contribution is 5.37. The first kappa shape index (κ1) is 17.2. The van der Waals surface area contributed by atoms with Crippen molar-refractivity contribution in [1.82, 2.24) is 5.32 Å². The van der Waals surface area contributed by atoms with Gasteiger partial charge in [-0.2, -0.15) is 0 Å². The molecule has 2 nitrogen and oxygen atoms in total. The average molecular weight is 277 g/mol. The van der Waals surface area contributed by atoms with Crippen LogP contribution in [0.3, 0.4) is 0 Å². The molecule has 0 heterocycles. The fraction of sp³-hybridized carbons (Fsp3) is 0.667. The Hall–Kier alpha value is -0.860. The van der Waals surface area contributed by atoms with E-state index >= 15 is 0 Å². The summed E-state index contributed by atoms with van der Waals surface area (Å²) >= 11 is 0. The van der Waals surface area contributed by atoms with Crippen LogP contribution >= 0.6 is 0 Å². The summed E-state index contributed by atoms with van der Waals surface area (Å²) in [7, 11) is 1.75. The van der Waals surface area contributed by atoms with E-state index in [9.17, 15) is 0 Å². The maximum Gasteiger partial charge on any atom is 0.0587 e. The van der Waals surface area contributed by atoms with Crippen molar-refractivity contribution in [2.45, 2.75) is 47.0 Å². The maximum absolute atomic E-state index is 5.03. The zero-order valence-corrected chi connectivity index (χ0v) is 13.9. The lowest BCUT2D eigenvalue weighted by Crippen LogP contribution is -2.21. The number of benzene rings is 1. The SMILES string of the molecule is COCCNCCC(C)CCc1c(C)cc(C)cc1C. The predicted molar refractivity (Wildman–Crippen MR) is 87.5 cm³/mol. The standard InChI is InChI=1S/C18H31NO/c1-14(8-9-19-10-11-20-5)6-7-18-16(3)12-15(2)13-17(18)4/h12-14,19H,6-11H2,1-5H3. The van der Waals surface area contributed by atoms with Gasteiger partial charge in [0.15, 0.2) is 0 Å². The number of hydrogen-bond acceptors (Lipinski definition) is 2. The normalized spacial score (nSPS) is 12.7. The molecule has 1 unspecified atom stereocenters. The molecule has 2 heteroatoms. The fourth-order valence-corrected chi connectivity index (χ4v) is 2.79. The third-order valence-electron chi connectivity index (χ3n) is 4.02. The lowest BCUT2D eigenvalue weighted by molar-refractivity contribution is 0.199. The largest absolute Gasteiger partial charge is 0.383 e. The van der Waals surface area contributed by atoms with Gasteiger partial charge in [-0.05, 0) is 69.2 Å². The van der Waals surface area contributed by atoms with E-state index in [0.29, 0.717) is 0 Å². The van der Waals surface area contributed by atoms with Crippen molar-refractivity contribution in [2.24, 2.45) is 5.92 Å². The Labute approximate surface area is 124 Å². The van der Waals surface area contributed by atoms with Gasteiger partial charge in [-0.1, -0.05) is 24.6 Å². The van der Waals surface area contributed by atoms with Crippen molar-refractivity contribution in [3.8, 4) is 0 Å². The van der Waals surface area contributed by atoms with E-state index in [1.54, 1.807) is 12.7 Å². The van der Waals surface area contributed by atoms with E-state index in [-0.39, 0.29) is 0 Å². The van der Waals surface area contributed by atoms with Gasteiger partial charge in [-0.15, -0.1) is 0 Å². The fourth-order valence-electron chi connectivity index (χ4n) is 2.79. The third-order valence-corrected chi connectivity index (χ3v) is 4.02. The van der Waals surface area contributed by atoms with Crippen LogP contribution in [0.5, 0.6) is 0 Å². The molecule has 1 N–H and O–H groups in total. The Balaban J connectivity index is 2.32. The summed E-state index contributed by atoms with van der Waals surface area (Å²) in [6.07, 6.45) is 3.72. The van der Waals surface area contributed by atoms with Gasteiger partial charge in [-0.3, -0.25) is 0 Å². The van der Waals surface area contributed by atoms with Crippen molar-refractivity contribution < 1.29 is 4.74 Å². The summed E-state index contributed by atoms with van der Waals surface area (Å²) in [5.41, 5.74) is 5.83. The lowest BCUT2D eigenvalue weighted by atomic mass is 9.92. The van der Waals surface area contributed by atoms with Crippen LogP contribution in [0, 0.1) is 26.7 Å². The minimum atomic E-state index is 0.769. The van der Waals surface area contributed by atoms with Gasteiger partial charge >= 0.3 is 0 Å². The molecule has 0 aliphatic heterocycles. The van der Waals surface area contributed by atoms with Gasteiger partial charge in [0.1, 0.15) is 0 Å². The molecule has 20 heavy (non-hydrogen) atoms. The van der Waals surface area contributed by atoms with Crippen LogP contribution in [0.15, 0.2) is 12.1 Å². The van der Waals surface area contributed by atoms with Gasteiger partial charge in [0.25, 0.3) is 0 Å². The Kier molecular flexibility index (Phi) is 7.86. The molecule has 0 saturated heterocycles. The summed E-state index contributed by atoms with van der Waals surface area (Å²) in [4.78, 5) is 0. The average Bonchev–Trinajstić information content (AvgIpc) is 2.37. The zero-order chi connectivity index (χ0) is 15.0. The Morgan fingerprint density at radius 2 is 1.70 bits per heavy atom. The van der Waals surface area contributed by atoms with E-state index in [1.165, 1.54) is 36.0 Å².